The highest BCUT2D eigenvalue weighted by atomic mass is 19.1. The number of allylic oxidation sites excluding steroid dienone is 1. The van der Waals surface area contributed by atoms with Crippen LogP contribution in [-0.4, -0.2) is 37.2 Å². The first-order chi connectivity index (χ1) is 17.6. The molecule has 3 heterocycles. The van der Waals surface area contributed by atoms with E-state index >= 15 is 0 Å². The van der Waals surface area contributed by atoms with Gasteiger partial charge in [0.15, 0.2) is 11.5 Å². The van der Waals surface area contributed by atoms with Gasteiger partial charge in [-0.05, 0) is 61.1 Å². The summed E-state index contributed by atoms with van der Waals surface area (Å²) >= 11 is 0. The summed E-state index contributed by atoms with van der Waals surface area (Å²) in [6, 6.07) is 11.8. The highest BCUT2D eigenvalue weighted by Gasteiger charge is 2.28. The number of rotatable bonds is 12. The average Bonchev–Trinajstić information content (AvgIpc) is 3.44. The number of hydrogen-bond donors (Lipinski definition) is 0. The van der Waals surface area contributed by atoms with Crippen molar-refractivity contribution in [3.05, 3.63) is 73.0 Å². The van der Waals surface area contributed by atoms with Crippen LogP contribution in [0.25, 0.3) is 16.8 Å². The molecule has 1 saturated carbocycles. The molecule has 1 aliphatic carbocycles. The van der Waals surface area contributed by atoms with Crippen molar-refractivity contribution < 1.29 is 13.7 Å². The number of carbonyl (C=O) groups is 1. The van der Waals surface area contributed by atoms with E-state index in [1.165, 1.54) is 6.33 Å². The average molecular weight is 489 g/mol. The number of halogens is 1. The normalized spacial score (nSPS) is 13.2. The van der Waals surface area contributed by atoms with Crippen LogP contribution in [0.4, 0.5) is 10.1 Å². The summed E-state index contributed by atoms with van der Waals surface area (Å²) in [4.78, 5) is 23.5. The fourth-order valence-corrected chi connectivity index (χ4v) is 4.22. The number of aryl methyl sites for hydroxylation is 1. The first-order valence-corrected chi connectivity index (χ1v) is 12.4. The minimum Gasteiger partial charge on any atom is -0.339 e. The molecule has 1 amide bonds. The zero-order chi connectivity index (χ0) is 24.9. The fraction of sp³-hybridized carbons (Fsp3) is 0.370. The standard InChI is InChI=1S/C27H29FN6O2/c1-19(28)9-12-26(35)33(14-4-2-3-8-25-31-27(32-36-25)20-10-11-20)23-7-5-6-21(16-23)22-13-15-34-24(17-22)29-18-30-34/h5-7,13,15-18,20H,1-4,8-12,14H2. The Morgan fingerprint density at radius 2 is 2.00 bits per heavy atom. The van der Waals surface area contributed by atoms with E-state index in [0.29, 0.717) is 18.4 Å². The van der Waals surface area contributed by atoms with Crippen LogP contribution in [0.3, 0.4) is 0 Å². The van der Waals surface area contributed by atoms with Gasteiger partial charge in [0.1, 0.15) is 6.33 Å². The SMILES string of the molecule is C=C(F)CCC(=O)N(CCCCCc1nc(C2CC2)no1)c1cccc(-c2ccn3ncnc3c2)c1. The number of unbranched alkanes of at least 4 members (excludes halogenated alkanes) is 2. The molecule has 0 spiro atoms. The lowest BCUT2D eigenvalue weighted by Crippen LogP contribution is -2.31. The van der Waals surface area contributed by atoms with Crippen molar-refractivity contribution in [1.82, 2.24) is 24.7 Å². The number of nitrogens with zero attached hydrogens (tertiary/aromatic N) is 6. The summed E-state index contributed by atoms with van der Waals surface area (Å²) < 4.78 is 20.3. The van der Waals surface area contributed by atoms with Crippen LogP contribution in [0.5, 0.6) is 0 Å². The predicted octanol–water partition coefficient (Wildman–Crippen LogP) is 5.67. The van der Waals surface area contributed by atoms with Crippen molar-refractivity contribution in [2.24, 2.45) is 0 Å². The number of aromatic nitrogens is 5. The van der Waals surface area contributed by atoms with E-state index in [1.54, 1.807) is 9.42 Å². The summed E-state index contributed by atoms with van der Waals surface area (Å²) in [6.45, 7) is 3.84. The third-order valence-corrected chi connectivity index (χ3v) is 6.38. The molecule has 0 saturated heterocycles. The lowest BCUT2D eigenvalue weighted by Gasteiger charge is -2.23. The molecule has 36 heavy (non-hydrogen) atoms. The Labute approximate surface area is 208 Å². The van der Waals surface area contributed by atoms with Gasteiger partial charge in [-0.3, -0.25) is 4.79 Å². The first-order valence-electron chi connectivity index (χ1n) is 12.4. The van der Waals surface area contributed by atoms with Gasteiger partial charge < -0.3 is 9.42 Å². The number of anilines is 1. The molecule has 0 unspecified atom stereocenters. The van der Waals surface area contributed by atoms with E-state index in [9.17, 15) is 9.18 Å². The number of amides is 1. The molecular formula is C27H29FN6O2. The molecule has 5 rings (SSSR count). The molecule has 1 aromatic carbocycles. The molecule has 0 radical (unpaired) electrons. The van der Waals surface area contributed by atoms with Gasteiger partial charge in [-0.25, -0.2) is 13.9 Å². The number of benzene rings is 1. The van der Waals surface area contributed by atoms with Gasteiger partial charge in [-0.2, -0.15) is 10.1 Å². The summed E-state index contributed by atoms with van der Waals surface area (Å²) in [5.74, 6) is 1.40. The monoisotopic (exact) mass is 488 g/mol. The van der Waals surface area contributed by atoms with Crippen LogP contribution in [-0.2, 0) is 11.2 Å². The first kappa shape index (κ1) is 23.8. The van der Waals surface area contributed by atoms with Crippen LogP contribution in [0.2, 0.25) is 0 Å². The van der Waals surface area contributed by atoms with Gasteiger partial charge in [0.05, 0.1) is 5.83 Å². The highest BCUT2D eigenvalue weighted by Crippen LogP contribution is 2.38. The Hall–Kier alpha value is -3.88. The molecule has 3 aromatic heterocycles. The van der Waals surface area contributed by atoms with E-state index in [4.69, 9.17) is 4.52 Å². The second kappa shape index (κ2) is 10.8. The number of carbonyl (C=O) groups excluding carboxylic acids is 1. The smallest absolute Gasteiger partial charge is 0.227 e. The van der Waals surface area contributed by atoms with Gasteiger partial charge in [0.25, 0.3) is 0 Å². The van der Waals surface area contributed by atoms with Crippen LogP contribution in [0.15, 0.2) is 65.9 Å². The Balaban J connectivity index is 1.24. The van der Waals surface area contributed by atoms with Gasteiger partial charge in [-0.1, -0.05) is 30.3 Å². The van der Waals surface area contributed by atoms with Crippen LogP contribution < -0.4 is 4.90 Å². The molecule has 9 heteroatoms. The molecule has 1 fully saturated rings. The predicted molar refractivity (Wildman–Crippen MR) is 134 cm³/mol. The fourth-order valence-electron chi connectivity index (χ4n) is 4.22. The summed E-state index contributed by atoms with van der Waals surface area (Å²) in [5.41, 5.74) is 3.48. The minimum absolute atomic E-state index is 0.0268. The number of fused-ring (bicyclic) bond motifs is 1. The maximum absolute atomic E-state index is 13.3. The Morgan fingerprint density at radius 1 is 1.14 bits per heavy atom. The van der Waals surface area contributed by atoms with Crippen molar-refractivity contribution in [1.29, 1.82) is 0 Å². The van der Waals surface area contributed by atoms with Gasteiger partial charge >= 0.3 is 0 Å². The molecule has 0 bridgehead atoms. The third-order valence-electron chi connectivity index (χ3n) is 6.38. The lowest BCUT2D eigenvalue weighted by atomic mass is 10.1. The molecule has 0 aliphatic heterocycles. The maximum Gasteiger partial charge on any atom is 0.227 e. The molecule has 1 aliphatic rings. The summed E-state index contributed by atoms with van der Waals surface area (Å²) in [5, 5.41) is 8.20. The van der Waals surface area contributed by atoms with Gasteiger partial charge in [-0.15, -0.1) is 0 Å². The minimum atomic E-state index is -0.483. The third kappa shape index (κ3) is 5.84. The van der Waals surface area contributed by atoms with E-state index in [1.807, 2.05) is 42.6 Å². The van der Waals surface area contributed by atoms with Crippen LogP contribution in [0, 0.1) is 0 Å². The van der Waals surface area contributed by atoms with E-state index < -0.39 is 5.83 Å². The Kier molecular flexibility index (Phi) is 7.16. The molecule has 0 atom stereocenters. The maximum atomic E-state index is 13.3. The summed E-state index contributed by atoms with van der Waals surface area (Å²) in [6.07, 6.45) is 9.12. The highest BCUT2D eigenvalue weighted by molar-refractivity contribution is 5.94. The number of pyridine rings is 1. The molecule has 0 N–H and O–H groups in total. The quantitative estimate of drug-likeness (QED) is 0.239. The van der Waals surface area contributed by atoms with Gasteiger partial charge in [0.2, 0.25) is 11.8 Å². The Morgan fingerprint density at radius 3 is 2.83 bits per heavy atom. The van der Waals surface area contributed by atoms with E-state index in [-0.39, 0.29) is 18.7 Å². The van der Waals surface area contributed by atoms with Crippen molar-refractivity contribution in [3.63, 3.8) is 0 Å². The second-order valence-corrected chi connectivity index (χ2v) is 9.22. The van der Waals surface area contributed by atoms with Crippen LogP contribution in [0.1, 0.15) is 62.6 Å². The molecule has 8 nitrogen and oxygen atoms in total. The zero-order valence-electron chi connectivity index (χ0n) is 20.1. The van der Waals surface area contributed by atoms with Gasteiger partial charge in [0, 0.05) is 43.6 Å². The lowest BCUT2D eigenvalue weighted by molar-refractivity contribution is -0.118. The van der Waals surface area contributed by atoms with Crippen molar-refractivity contribution in [3.8, 4) is 11.1 Å². The second-order valence-electron chi connectivity index (χ2n) is 9.22. The number of hydrogen-bond acceptors (Lipinski definition) is 6. The van der Waals surface area contributed by atoms with E-state index in [0.717, 1.165) is 66.8 Å². The van der Waals surface area contributed by atoms with E-state index in [2.05, 4.69) is 26.8 Å². The van der Waals surface area contributed by atoms with Crippen LogP contribution >= 0.6 is 0 Å². The van der Waals surface area contributed by atoms with Crippen molar-refractivity contribution >= 4 is 17.2 Å². The van der Waals surface area contributed by atoms with Crippen molar-refractivity contribution in [2.75, 3.05) is 11.4 Å². The Bertz CT molecular complexity index is 1360. The summed E-state index contributed by atoms with van der Waals surface area (Å²) in [7, 11) is 0. The topological polar surface area (TPSA) is 89.4 Å². The van der Waals surface area contributed by atoms with Crippen molar-refractivity contribution in [2.45, 2.75) is 57.3 Å². The molecule has 186 valence electrons. The molecule has 4 aromatic rings. The molecular weight excluding hydrogens is 459 g/mol. The zero-order valence-corrected chi connectivity index (χ0v) is 20.1. The largest absolute Gasteiger partial charge is 0.339 e.